The highest BCUT2D eigenvalue weighted by Crippen LogP contribution is 2.42. The first-order valence-corrected chi connectivity index (χ1v) is 4.60. The number of benzene rings is 1. The number of nitrogens with two attached hydrogens (primary N) is 1. The van der Waals surface area contributed by atoms with Crippen molar-refractivity contribution < 1.29 is 19.3 Å². The van der Waals surface area contributed by atoms with Gasteiger partial charge in [0, 0.05) is 0 Å². The van der Waals surface area contributed by atoms with E-state index >= 15 is 0 Å². The van der Waals surface area contributed by atoms with Gasteiger partial charge in [-0.3, -0.25) is 0 Å². The van der Waals surface area contributed by atoms with Gasteiger partial charge in [-0.25, -0.2) is 0 Å². The molecule has 1 atom stereocenters. The zero-order valence-corrected chi connectivity index (χ0v) is 8.40. The molecular formula is C10H13NO4. The summed E-state index contributed by atoms with van der Waals surface area (Å²) >= 11 is 0. The van der Waals surface area contributed by atoms with Crippen molar-refractivity contribution in [2.75, 3.05) is 20.5 Å². The van der Waals surface area contributed by atoms with E-state index in [2.05, 4.69) is 0 Å². The summed E-state index contributed by atoms with van der Waals surface area (Å²) in [5.41, 5.74) is 6.47. The van der Waals surface area contributed by atoms with E-state index in [1.54, 1.807) is 19.2 Å². The van der Waals surface area contributed by atoms with Crippen molar-refractivity contribution in [3.05, 3.63) is 17.7 Å². The van der Waals surface area contributed by atoms with Crippen LogP contribution in [0.5, 0.6) is 17.2 Å². The fraction of sp³-hybridized carbons (Fsp3) is 0.400. The standard InChI is InChI=1S/C10H13NO4/c1-13-8-2-6(7(11)4-12)3-9-10(8)15-5-14-9/h2-3,7,12H,4-5,11H2,1H3/t7-/m1/s1. The zero-order chi connectivity index (χ0) is 10.8. The number of aliphatic hydroxyl groups is 1. The lowest BCUT2D eigenvalue weighted by atomic mass is 10.1. The first-order valence-electron chi connectivity index (χ1n) is 4.60. The molecule has 1 heterocycles. The predicted octanol–water partition coefficient (Wildman–Crippen LogP) is 0.416. The van der Waals surface area contributed by atoms with E-state index in [0.717, 1.165) is 5.56 Å². The van der Waals surface area contributed by atoms with Crippen LogP contribution in [0.15, 0.2) is 12.1 Å². The van der Waals surface area contributed by atoms with Crippen LogP contribution in [0.3, 0.4) is 0 Å². The highest BCUT2D eigenvalue weighted by molar-refractivity contribution is 5.55. The van der Waals surface area contributed by atoms with Crippen molar-refractivity contribution >= 4 is 0 Å². The summed E-state index contributed by atoms with van der Waals surface area (Å²) in [5.74, 6) is 1.77. The lowest BCUT2D eigenvalue weighted by Gasteiger charge is -2.11. The van der Waals surface area contributed by atoms with Crippen LogP contribution in [0.4, 0.5) is 0 Å². The topological polar surface area (TPSA) is 73.9 Å². The van der Waals surface area contributed by atoms with E-state index in [0.29, 0.717) is 17.2 Å². The summed E-state index contributed by atoms with van der Waals surface area (Å²) in [6.45, 7) is 0.0618. The Kier molecular flexibility index (Phi) is 2.66. The van der Waals surface area contributed by atoms with Crippen molar-refractivity contribution in [3.8, 4) is 17.2 Å². The predicted molar refractivity (Wildman–Crippen MR) is 53.1 cm³/mol. The minimum absolute atomic E-state index is 0.122. The number of fused-ring (bicyclic) bond motifs is 1. The van der Waals surface area contributed by atoms with Gasteiger partial charge in [-0.1, -0.05) is 0 Å². The third-order valence-electron chi connectivity index (χ3n) is 2.31. The van der Waals surface area contributed by atoms with E-state index < -0.39 is 6.04 Å². The van der Waals surface area contributed by atoms with Gasteiger partial charge >= 0.3 is 0 Å². The van der Waals surface area contributed by atoms with Crippen LogP contribution in [0, 0.1) is 0 Å². The average Bonchev–Trinajstić information content (AvgIpc) is 2.74. The number of aliphatic hydroxyl groups excluding tert-OH is 1. The maximum atomic E-state index is 8.96. The fourth-order valence-corrected chi connectivity index (χ4v) is 1.47. The van der Waals surface area contributed by atoms with Gasteiger partial charge in [0.2, 0.25) is 12.5 Å². The lowest BCUT2D eigenvalue weighted by molar-refractivity contribution is 0.171. The second-order valence-corrected chi connectivity index (χ2v) is 3.25. The summed E-state index contributed by atoms with van der Waals surface area (Å²) < 4.78 is 15.6. The Morgan fingerprint density at radius 1 is 1.53 bits per heavy atom. The van der Waals surface area contributed by atoms with E-state index in [4.69, 9.17) is 25.1 Å². The zero-order valence-electron chi connectivity index (χ0n) is 8.40. The monoisotopic (exact) mass is 211 g/mol. The SMILES string of the molecule is COc1cc([C@H](N)CO)cc2c1OCO2. The van der Waals surface area contributed by atoms with Crippen LogP contribution in [-0.2, 0) is 0 Å². The van der Waals surface area contributed by atoms with Gasteiger partial charge in [0.15, 0.2) is 11.5 Å². The molecule has 0 fully saturated rings. The van der Waals surface area contributed by atoms with Crippen molar-refractivity contribution in [1.29, 1.82) is 0 Å². The molecule has 82 valence electrons. The van der Waals surface area contributed by atoms with Crippen molar-refractivity contribution in [2.45, 2.75) is 6.04 Å². The minimum atomic E-state index is -0.437. The van der Waals surface area contributed by atoms with Gasteiger partial charge in [0.05, 0.1) is 19.8 Å². The fourth-order valence-electron chi connectivity index (χ4n) is 1.47. The molecule has 1 aliphatic heterocycles. The lowest BCUT2D eigenvalue weighted by Crippen LogP contribution is -2.14. The van der Waals surface area contributed by atoms with Crippen molar-refractivity contribution in [3.63, 3.8) is 0 Å². The van der Waals surface area contributed by atoms with Crippen LogP contribution in [0.1, 0.15) is 11.6 Å². The van der Waals surface area contributed by atoms with Gasteiger partial charge < -0.3 is 25.1 Å². The minimum Gasteiger partial charge on any atom is -0.493 e. The van der Waals surface area contributed by atoms with Crippen LogP contribution in [0.25, 0.3) is 0 Å². The second kappa shape index (κ2) is 3.96. The second-order valence-electron chi connectivity index (χ2n) is 3.25. The molecule has 0 saturated heterocycles. The first-order chi connectivity index (χ1) is 7.26. The molecule has 0 amide bonds. The van der Waals surface area contributed by atoms with Gasteiger partial charge in [0.1, 0.15) is 0 Å². The summed E-state index contributed by atoms with van der Waals surface area (Å²) in [4.78, 5) is 0. The maximum Gasteiger partial charge on any atom is 0.231 e. The van der Waals surface area contributed by atoms with Crippen molar-refractivity contribution in [2.24, 2.45) is 5.73 Å². The molecule has 0 unspecified atom stereocenters. The van der Waals surface area contributed by atoms with Gasteiger partial charge in [-0.2, -0.15) is 0 Å². The molecule has 1 aliphatic rings. The third kappa shape index (κ3) is 1.71. The quantitative estimate of drug-likeness (QED) is 0.757. The molecule has 0 bridgehead atoms. The number of methoxy groups -OCH3 is 1. The first kappa shape index (κ1) is 10.1. The van der Waals surface area contributed by atoms with Crippen LogP contribution >= 0.6 is 0 Å². The Labute approximate surface area is 87.4 Å². The molecule has 0 aromatic heterocycles. The summed E-state index contributed by atoms with van der Waals surface area (Å²) in [5, 5.41) is 8.96. The summed E-state index contributed by atoms with van der Waals surface area (Å²) in [6, 6.07) is 3.06. The molecule has 1 aromatic carbocycles. The Bertz CT molecular complexity index is 367. The Morgan fingerprint density at radius 2 is 2.33 bits per heavy atom. The molecule has 15 heavy (non-hydrogen) atoms. The average molecular weight is 211 g/mol. The molecule has 0 spiro atoms. The molecule has 0 radical (unpaired) electrons. The Morgan fingerprint density at radius 3 is 3.00 bits per heavy atom. The molecule has 5 nitrogen and oxygen atoms in total. The van der Waals surface area contributed by atoms with Crippen LogP contribution in [-0.4, -0.2) is 25.6 Å². The van der Waals surface area contributed by atoms with Gasteiger partial charge in [-0.15, -0.1) is 0 Å². The van der Waals surface area contributed by atoms with Crippen LogP contribution in [0.2, 0.25) is 0 Å². The number of ether oxygens (including phenoxy) is 3. The number of rotatable bonds is 3. The molecule has 5 heteroatoms. The number of hydrogen-bond donors (Lipinski definition) is 2. The summed E-state index contributed by atoms with van der Waals surface area (Å²) in [7, 11) is 1.55. The third-order valence-corrected chi connectivity index (χ3v) is 2.31. The largest absolute Gasteiger partial charge is 0.493 e. The molecule has 1 aromatic rings. The van der Waals surface area contributed by atoms with Gasteiger partial charge in [-0.05, 0) is 17.7 Å². The molecule has 2 rings (SSSR count). The maximum absolute atomic E-state index is 8.96. The van der Waals surface area contributed by atoms with Crippen LogP contribution < -0.4 is 19.9 Å². The number of hydrogen-bond acceptors (Lipinski definition) is 5. The molecule has 3 N–H and O–H groups in total. The Balaban J connectivity index is 2.43. The van der Waals surface area contributed by atoms with E-state index in [1.807, 2.05) is 0 Å². The van der Waals surface area contributed by atoms with E-state index in [9.17, 15) is 0 Å². The molecular weight excluding hydrogens is 198 g/mol. The van der Waals surface area contributed by atoms with E-state index in [-0.39, 0.29) is 13.4 Å². The van der Waals surface area contributed by atoms with Crippen molar-refractivity contribution in [1.82, 2.24) is 0 Å². The smallest absolute Gasteiger partial charge is 0.231 e. The molecule has 0 aliphatic carbocycles. The highest BCUT2D eigenvalue weighted by Gasteiger charge is 2.21. The normalized spacial score (nSPS) is 15.1. The summed E-state index contributed by atoms with van der Waals surface area (Å²) in [6.07, 6.45) is 0. The highest BCUT2D eigenvalue weighted by atomic mass is 16.7. The van der Waals surface area contributed by atoms with E-state index in [1.165, 1.54) is 0 Å². The van der Waals surface area contributed by atoms with Gasteiger partial charge in [0.25, 0.3) is 0 Å². The molecule has 0 saturated carbocycles. The Hall–Kier alpha value is -1.46.